The number of alkyl halides is 3. The molecule has 0 fully saturated rings. The van der Waals surface area contributed by atoms with Gasteiger partial charge >= 0.3 is 6.18 Å². The minimum Gasteiger partial charge on any atom is -0.352 e. The topological polar surface area (TPSA) is 24.9 Å². The van der Waals surface area contributed by atoms with E-state index in [1.54, 1.807) is 0 Å². The third-order valence-electron chi connectivity index (χ3n) is 2.72. The van der Waals surface area contributed by atoms with Gasteiger partial charge in [0, 0.05) is 5.39 Å². The maximum absolute atomic E-state index is 12.2. The van der Waals surface area contributed by atoms with Crippen LogP contribution in [0.15, 0.2) is 36.4 Å². The molecule has 0 unspecified atom stereocenters. The molecule has 0 aliphatic carbocycles. The Kier molecular flexibility index (Phi) is 2.82. The summed E-state index contributed by atoms with van der Waals surface area (Å²) in [5.41, 5.74) is 0.716. The molecule has 1 aromatic heterocycles. The van der Waals surface area contributed by atoms with Gasteiger partial charge in [0.2, 0.25) is 0 Å². The third kappa shape index (κ3) is 2.49. The highest BCUT2D eigenvalue weighted by Gasteiger charge is 2.27. The zero-order valence-corrected chi connectivity index (χ0v) is 10.5. The van der Waals surface area contributed by atoms with Crippen LogP contribution < -0.4 is 5.32 Å². The fraction of sp³-hybridized carbons (Fsp3) is 0.154. The number of thiazole rings is 1. The van der Waals surface area contributed by atoms with Gasteiger partial charge in [-0.15, -0.1) is 0 Å². The van der Waals surface area contributed by atoms with Crippen LogP contribution in [0.5, 0.6) is 0 Å². The van der Waals surface area contributed by atoms with E-state index in [1.807, 2.05) is 36.4 Å². The first-order valence-electron chi connectivity index (χ1n) is 5.62. The molecule has 1 N–H and O–H groups in total. The van der Waals surface area contributed by atoms with E-state index in [0.717, 1.165) is 15.5 Å². The fourth-order valence-corrected chi connectivity index (χ4v) is 2.90. The Labute approximate surface area is 110 Å². The van der Waals surface area contributed by atoms with Crippen molar-refractivity contribution in [2.24, 2.45) is 0 Å². The molecule has 3 rings (SSSR count). The first kappa shape index (κ1) is 12.2. The summed E-state index contributed by atoms with van der Waals surface area (Å²) in [7, 11) is 0. The average Bonchev–Trinajstić information content (AvgIpc) is 2.79. The van der Waals surface area contributed by atoms with Gasteiger partial charge in [-0.2, -0.15) is 13.2 Å². The summed E-state index contributed by atoms with van der Waals surface area (Å²) in [5, 5.41) is 4.68. The molecule has 19 heavy (non-hydrogen) atoms. The zero-order chi connectivity index (χ0) is 13.5. The summed E-state index contributed by atoms with van der Waals surface area (Å²) in [6, 6.07) is 11.5. The molecule has 0 amide bonds. The Morgan fingerprint density at radius 3 is 2.68 bits per heavy atom. The number of aromatic nitrogens is 1. The second-order valence-corrected chi connectivity index (χ2v) is 5.12. The molecule has 0 saturated carbocycles. The molecular weight excluding hydrogens is 273 g/mol. The van der Waals surface area contributed by atoms with Crippen LogP contribution in [-0.4, -0.2) is 17.7 Å². The fourth-order valence-electron chi connectivity index (χ4n) is 1.91. The summed E-state index contributed by atoms with van der Waals surface area (Å²) in [6.45, 7) is -1.06. The van der Waals surface area contributed by atoms with Gasteiger partial charge in [-0.25, -0.2) is 4.98 Å². The lowest BCUT2D eigenvalue weighted by molar-refractivity contribution is -0.115. The van der Waals surface area contributed by atoms with Gasteiger partial charge in [-0.05, 0) is 11.5 Å². The van der Waals surface area contributed by atoms with Gasteiger partial charge in [0.1, 0.15) is 6.54 Å². The van der Waals surface area contributed by atoms with Gasteiger partial charge in [0.15, 0.2) is 5.13 Å². The van der Waals surface area contributed by atoms with Crippen LogP contribution in [0.3, 0.4) is 0 Å². The van der Waals surface area contributed by atoms with E-state index >= 15 is 0 Å². The number of benzene rings is 2. The third-order valence-corrected chi connectivity index (χ3v) is 3.78. The van der Waals surface area contributed by atoms with Crippen molar-refractivity contribution in [2.45, 2.75) is 6.18 Å². The maximum atomic E-state index is 12.2. The number of rotatable bonds is 2. The lowest BCUT2D eigenvalue weighted by Crippen LogP contribution is -2.21. The molecule has 0 atom stereocenters. The van der Waals surface area contributed by atoms with Crippen LogP contribution in [0.4, 0.5) is 18.3 Å². The van der Waals surface area contributed by atoms with Crippen molar-refractivity contribution in [1.82, 2.24) is 4.98 Å². The summed E-state index contributed by atoms with van der Waals surface area (Å²) >= 11 is 1.25. The van der Waals surface area contributed by atoms with Crippen molar-refractivity contribution in [3.05, 3.63) is 36.4 Å². The first-order valence-corrected chi connectivity index (χ1v) is 6.43. The van der Waals surface area contributed by atoms with Gasteiger partial charge in [0.25, 0.3) is 0 Å². The van der Waals surface area contributed by atoms with E-state index in [0.29, 0.717) is 10.6 Å². The van der Waals surface area contributed by atoms with Gasteiger partial charge < -0.3 is 5.32 Å². The molecule has 6 heteroatoms. The van der Waals surface area contributed by atoms with Crippen LogP contribution >= 0.6 is 11.3 Å². The second kappa shape index (κ2) is 4.38. The van der Waals surface area contributed by atoms with E-state index in [9.17, 15) is 13.2 Å². The molecule has 0 aliphatic heterocycles. The molecule has 0 aliphatic rings. The van der Waals surface area contributed by atoms with Crippen LogP contribution in [0.1, 0.15) is 0 Å². The first-order chi connectivity index (χ1) is 9.03. The van der Waals surface area contributed by atoms with E-state index < -0.39 is 12.7 Å². The Hall–Kier alpha value is -1.82. The summed E-state index contributed by atoms with van der Waals surface area (Å²) in [4.78, 5) is 4.17. The lowest BCUT2D eigenvalue weighted by atomic mass is 10.1. The van der Waals surface area contributed by atoms with Crippen molar-refractivity contribution in [1.29, 1.82) is 0 Å². The van der Waals surface area contributed by atoms with Gasteiger partial charge in [-0.1, -0.05) is 41.7 Å². The van der Waals surface area contributed by atoms with Crippen LogP contribution in [0, 0.1) is 0 Å². The molecule has 98 valence electrons. The molecule has 0 saturated heterocycles. The largest absolute Gasteiger partial charge is 0.405 e. The van der Waals surface area contributed by atoms with Crippen molar-refractivity contribution in [3.63, 3.8) is 0 Å². The molecule has 1 heterocycles. The average molecular weight is 282 g/mol. The summed E-state index contributed by atoms with van der Waals surface area (Å²) in [5.74, 6) is 0. The smallest absolute Gasteiger partial charge is 0.352 e. The Morgan fingerprint density at radius 1 is 1.11 bits per heavy atom. The SMILES string of the molecule is FC(F)(F)CNc1nc2ccc3ccccc3c2s1. The Balaban J connectivity index is 2.03. The number of hydrogen-bond donors (Lipinski definition) is 1. The molecular formula is C13H9F3N2S. The van der Waals surface area contributed by atoms with Crippen LogP contribution in [0.2, 0.25) is 0 Å². The predicted molar refractivity (Wildman–Crippen MR) is 71.7 cm³/mol. The maximum Gasteiger partial charge on any atom is 0.405 e. The predicted octanol–water partition coefficient (Wildman–Crippen LogP) is 4.42. The molecule has 0 bridgehead atoms. The number of halogens is 3. The summed E-state index contributed by atoms with van der Waals surface area (Å²) < 4.78 is 37.4. The van der Waals surface area contributed by atoms with Crippen LogP contribution in [0.25, 0.3) is 21.0 Å². The molecule has 0 spiro atoms. The monoisotopic (exact) mass is 282 g/mol. The number of nitrogens with zero attached hydrogens (tertiary/aromatic N) is 1. The number of anilines is 1. The normalized spacial score (nSPS) is 12.2. The minimum absolute atomic E-state index is 0.295. The highest BCUT2D eigenvalue weighted by Crippen LogP contribution is 2.32. The standard InChI is InChI=1S/C13H9F3N2S/c14-13(15,16)7-17-12-18-10-6-5-8-3-1-2-4-9(8)11(10)19-12/h1-6H,7H2,(H,17,18). The lowest BCUT2D eigenvalue weighted by Gasteiger charge is -2.05. The highest BCUT2D eigenvalue weighted by atomic mass is 32.1. The second-order valence-electron chi connectivity index (χ2n) is 4.12. The molecule has 0 radical (unpaired) electrons. The quantitative estimate of drug-likeness (QED) is 0.752. The minimum atomic E-state index is -4.24. The molecule has 2 nitrogen and oxygen atoms in total. The van der Waals surface area contributed by atoms with E-state index in [1.165, 1.54) is 11.3 Å². The van der Waals surface area contributed by atoms with Crippen LogP contribution in [-0.2, 0) is 0 Å². The van der Waals surface area contributed by atoms with Crippen molar-refractivity contribution < 1.29 is 13.2 Å². The van der Waals surface area contributed by atoms with Crippen molar-refractivity contribution in [2.75, 3.05) is 11.9 Å². The summed E-state index contributed by atoms with van der Waals surface area (Å²) in [6.07, 6.45) is -4.24. The van der Waals surface area contributed by atoms with E-state index in [-0.39, 0.29) is 0 Å². The number of hydrogen-bond acceptors (Lipinski definition) is 3. The number of fused-ring (bicyclic) bond motifs is 3. The van der Waals surface area contributed by atoms with Crippen molar-refractivity contribution >= 4 is 37.5 Å². The molecule has 3 aromatic rings. The zero-order valence-electron chi connectivity index (χ0n) is 9.66. The van der Waals surface area contributed by atoms with Gasteiger partial charge in [0.05, 0.1) is 10.2 Å². The van der Waals surface area contributed by atoms with Crippen molar-refractivity contribution in [3.8, 4) is 0 Å². The highest BCUT2D eigenvalue weighted by molar-refractivity contribution is 7.23. The van der Waals surface area contributed by atoms with E-state index in [4.69, 9.17) is 0 Å². The molecule has 2 aromatic carbocycles. The Bertz CT molecular complexity index is 733. The van der Waals surface area contributed by atoms with Gasteiger partial charge in [-0.3, -0.25) is 0 Å². The Morgan fingerprint density at radius 2 is 1.89 bits per heavy atom. The van der Waals surface area contributed by atoms with E-state index in [2.05, 4.69) is 10.3 Å². The number of nitrogens with one attached hydrogen (secondary N) is 1.